The molecule has 1 unspecified atom stereocenters. The maximum absolute atomic E-state index is 13.9. The highest BCUT2D eigenvalue weighted by Crippen LogP contribution is 2.60. The molecule has 0 aromatic heterocycles. The number of amides is 1. The summed E-state index contributed by atoms with van der Waals surface area (Å²) in [4.78, 5) is 15.8. The number of nitrogens with zero attached hydrogens (tertiary/aromatic N) is 1. The van der Waals surface area contributed by atoms with Crippen LogP contribution in [0.25, 0.3) is 0 Å². The first kappa shape index (κ1) is 23.0. The van der Waals surface area contributed by atoms with Crippen LogP contribution in [0.5, 0.6) is 0 Å². The molecule has 5 rings (SSSR count). The third kappa shape index (κ3) is 3.49. The molecule has 3 heterocycles. The van der Waals surface area contributed by atoms with Crippen LogP contribution in [0.3, 0.4) is 0 Å². The average molecular weight is 456 g/mol. The number of rotatable bonds is 5. The fourth-order valence-corrected chi connectivity index (χ4v) is 6.46. The van der Waals surface area contributed by atoms with Gasteiger partial charge in [0.1, 0.15) is 17.4 Å². The maximum atomic E-state index is 13.9. The molecule has 0 radical (unpaired) electrons. The van der Waals surface area contributed by atoms with Gasteiger partial charge in [0.25, 0.3) is 0 Å². The van der Waals surface area contributed by atoms with E-state index in [1.165, 1.54) is 0 Å². The van der Waals surface area contributed by atoms with Gasteiger partial charge < -0.3 is 24.2 Å². The lowest BCUT2D eigenvalue weighted by Crippen LogP contribution is -2.67. The molecule has 0 saturated carbocycles. The number of carbonyl (C=O) groups excluding carboxylic acids is 1. The van der Waals surface area contributed by atoms with Crippen LogP contribution in [0.2, 0.25) is 0 Å². The second kappa shape index (κ2) is 8.19. The highest BCUT2D eigenvalue weighted by atomic mass is 16.7. The van der Waals surface area contributed by atoms with Crippen LogP contribution >= 0.6 is 0 Å². The van der Waals surface area contributed by atoms with E-state index in [0.717, 1.165) is 24.8 Å². The molecule has 3 aliphatic heterocycles. The van der Waals surface area contributed by atoms with Gasteiger partial charge in [0, 0.05) is 17.8 Å². The van der Waals surface area contributed by atoms with Crippen molar-refractivity contribution in [3.63, 3.8) is 0 Å². The summed E-state index contributed by atoms with van der Waals surface area (Å²) < 4.78 is 19.0. The van der Waals surface area contributed by atoms with Gasteiger partial charge in [-0.05, 0) is 31.7 Å². The molecule has 1 aliphatic carbocycles. The first-order valence-electron chi connectivity index (χ1n) is 12.3. The van der Waals surface area contributed by atoms with Crippen molar-refractivity contribution < 1.29 is 24.1 Å². The Morgan fingerprint density at radius 3 is 2.70 bits per heavy atom. The van der Waals surface area contributed by atoms with Crippen molar-refractivity contribution in [2.45, 2.75) is 89.7 Å². The topological polar surface area (TPSA) is 68.2 Å². The third-order valence-electron chi connectivity index (χ3n) is 8.20. The maximum Gasteiger partial charge on any atom is 0.231 e. The van der Waals surface area contributed by atoms with E-state index in [2.05, 4.69) is 32.9 Å². The standard InChI is InChI=1S/C27H37NO5/c1-25(2,3)24-28-23(30)20-15-21(31-16-18-11-7-5-8-12-18)33-26(20,4)27(28,17-32-24)22(29)19-13-9-6-10-14-19/h5,7-9,11-13,19-22,24,29H,6,10,14-17H2,1-4H3/t19-,20+,21?,22-,24+,26+,27-/m1/s1. The Hall–Kier alpha value is -1.73. The summed E-state index contributed by atoms with van der Waals surface area (Å²) in [5.74, 6) is -0.381. The van der Waals surface area contributed by atoms with Gasteiger partial charge in [-0.25, -0.2) is 0 Å². The average Bonchev–Trinajstić information content (AvgIpc) is 3.42. The van der Waals surface area contributed by atoms with E-state index >= 15 is 0 Å². The van der Waals surface area contributed by atoms with Crippen molar-refractivity contribution in [3.05, 3.63) is 48.0 Å². The van der Waals surface area contributed by atoms with E-state index in [1.54, 1.807) is 0 Å². The number of aliphatic hydroxyl groups is 1. The van der Waals surface area contributed by atoms with Gasteiger partial charge in [-0.2, -0.15) is 0 Å². The Bertz CT molecular complexity index is 911. The van der Waals surface area contributed by atoms with Gasteiger partial charge in [-0.15, -0.1) is 0 Å². The number of fused-ring (bicyclic) bond motifs is 3. The van der Waals surface area contributed by atoms with Gasteiger partial charge in [0.05, 0.1) is 25.2 Å². The molecule has 1 N–H and O–H groups in total. The molecular weight excluding hydrogens is 418 g/mol. The second-order valence-corrected chi connectivity index (χ2v) is 11.4. The highest BCUT2D eigenvalue weighted by Gasteiger charge is 2.77. The Kier molecular flexibility index (Phi) is 5.72. The van der Waals surface area contributed by atoms with Crippen molar-refractivity contribution in [2.75, 3.05) is 6.61 Å². The summed E-state index contributed by atoms with van der Waals surface area (Å²) in [6.07, 6.45) is 6.06. The predicted molar refractivity (Wildman–Crippen MR) is 124 cm³/mol. The quantitative estimate of drug-likeness (QED) is 0.679. The minimum absolute atomic E-state index is 0.0135. The van der Waals surface area contributed by atoms with E-state index < -0.39 is 29.8 Å². The second-order valence-electron chi connectivity index (χ2n) is 11.4. The van der Waals surface area contributed by atoms with Crippen molar-refractivity contribution in [3.8, 4) is 0 Å². The Labute approximate surface area is 196 Å². The lowest BCUT2D eigenvalue weighted by Gasteiger charge is -2.48. The zero-order valence-corrected chi connectivity index (χ0v) is 20.2. The van der Waals surface area contributed by atoms with Crippen molar-refractivity contribution >= 4 is 5.91 Å². The molecule has 3 saturated heterocycles. The number of hydrogen-bond donors (Lipinski definition) is 1. The molecule has 1 aromatic carbocycles. The Morgan fingerprint density at radius 2 is 2.03 bits per heavy atom. The van der Waals surface area contributed by atoms with Gasteiger partial charge in [-0.1, -0.05) is 63.3 Å². The van der Waals surface area contributed by atoms with E-state index in [4.69, 9.17) is 14.2 Å². The first-order valence-corrected chi connectivity index (χ1v) is 12.3. The molecular formula is C27H37NO5. The summed E-state index contributed by atoms with van der Waals surface area (Å²) in [6, 6.07) is 9.98. The monoisotopic (exact) mass is 455 g/mol. The molecule has 3 fully saturated rings. The van der Waals surface area contributed by atoms with Gasteiger partial charge in [0.15, 0.2) is 6.29 Å². The highest BCUT2D eigenvalue weighted by molar-refractivity contribution is 5.86. The van der Waals surface area contributed by atoms with Crippen LogP contribution in [-0.4, -0.2) is 52.3 Å². The number of allylic oxidation sites excluding steroid dienone is 1. The van der Waals surface area contributed by atoms with E-state index in [-0.39, 0.29) is 29.8 Å². The molecule has 1 amide bonds. The minimum Gasteiger partial charge on any atom is -0.390 e. The number of hydrogen-bond acceptors (Lipinski definition) is 5. The van der Waals surface area contributed by atoms with E-state index in [0.29, 0.717) is 13.0 Å². The summed E-state index contributed by atoms with van der Waals surface area (Å²) in [6.45, 7) is 8.93. The van der Waals surface area contributed by atoms with E-state index in [9.17, 15) is 9.90 Å². The summed E-state index contributed by atoms with van der Waals surface area (Å²) in [5.41, 5.74) is -1.05. The van der Waals surface area contributed by atoms with Crippen LogP contribution in [-0.2, 0) is 25.6 Å². The van der Waals surface area contributed by atoms with Crippen LogP contribution in [0, 0.1) is 17.3 Å². The van der Waals surface area contributed by atoms with Gasteiger partial charge in [0.2, 0.25) is 5.91 Å². The van der Waals surface area contributed by atoms with E-state index in [1.807, 2.05) is 42.2 Å². The number of benzene rings is 1. The zero-order valence-electron chi connectivity index (χ0n) is 20.2. The summed E-state index contributed by atoms with van der Waals surface area (Å²) >= 11 is 0. The molecule has 33 heavy (non-hydrogen) atoms. The number of aliphatic hydroxyl groups excluding tert-OH is 1. The molecule has 7 atom stereocenters. The minimum atomic E-state index is -0.941. The van der Waals surface area contributed by atoms with Gasteiger partial charge >= 0.3 is 0 Å². The predicted octanol–water partition coefficient (Wildman–Crippen LogP) is 4.03. The molecule has 6 nitrogen and oxygen atoms in total. The summed E-state index contributed by atoms with van der Waals surface area (Å²) in [7, 11) is 0. The summed E-state index contributed by atoms with van der Waals surface area (Å²) in [5, 5.41) is 11.9. The van der Waals surface area contributed by atoms with Crippen LogP contribution in [0.15, 0.2) is 42.5 Å². The fourth-order valence-electron chi connectivity index (χ4n) is 6.46. The Balaban J connectivity index is 1.47. The molecule has 4 aliphatic rings. The van der Waals surface area contributed by atoms with Crippen LogP contribution in [0.4, 0.5) is 0 Å². The third-order valence-corrected chi connectivity index (χ3v) is 8.20. The first-order chi connectivity index (χ1) is 15.7. The lowest BCUT2D eigenvalue weighted by atomic mass is 9.69. The molecule has 1 aromatic rings. The molecule has 0 spiro atoms. The van der Waals surface area contributed by atoms with Crippen molar-refractivity contribution in [1.82, 2.24) is 4.90 Å². The van der Waals surface area contributed by atoms with Crippen LogP contribution < -0.4 is 0 Å². The molecule has 0 bridgehead atoms. The largest absolute Gasteiger partial charge is 0.390 e. The SMILES string of the molecule is CC(C)(C)[C@@H]1OC[C@]2([C@H](O)[C@@H]3C=CCCC3)N1C(=O)[C@@H]1CC(OCc3ccccc3)O[C@@]12C. The molecule has 6 heteroatoms. The fraction of sp³-hybridized carbons (Fsp3) is 0.667. The smallest absolute Gasteiger partial charge is 0.231 e. The number of ether oxygens (including phenoxy) is 3. The lowest BCUT2D eigenvalue weighted by molar-refractivity contribution is -0.216. The number of carbonyl (C=O) groups is 1. The normalized spacial score (nSPS) is 39.1. The molecule has 180 valence electrons. The van der Waals surface area contributed by atoms with Gasteiger partial charge in [-0.3, -0.25) is 4.79 Å². The van der Waals surface area contributed by atoms with Crippen molar-refractivity contribution in [2.24, 2.45) is 17.3 Å². The van der Waals surface area contributed by atoms with Crippen molar-refractivity contribution in [1.29, 1.82) is 0 Å². The zero-order chi connectivity index (χ0) is 23.4. The Morgan fingerprint density at radius 1 is 1.27 bits per heavy atom. The van der Waals surface area contributed by atoms with Crippen LogP contribution in [0.1, 0.15) is 58.9 Å².